The highest BCUT2D eigenvalue weighted by molar-refractivity contribution is 5.56. The van der Waals surface area contributed by atoms with E-state index in [0.717, 1.165) is 6.54 Å². The summed E-state index contributed by atoms with van der Waals surface area (Å²) >= 11 is 0. The Morgan fingerprint density at radius 1 is 1.10 bits per heavy atom. The number of hydrogen-bond donors (Lipinski definition) is 0. The molecule has 3 heteroatoms. The number of aromatic nitrogens is 2. The van der Waals surface area contributed by atoms with E-state index in [0.29, 0.717) is 5.92 Å². The molecule has 1 aromatic heterocycles. The van der Waals surface area contributed by atoms with Gasteiger partial charge in [-0.05, 0) is 49.3 Å². The fourth-order valence-electron chi connectivity index (χ4n) is 3.24. The van der Waals surface area contributed by atoms with Crippen molar-refractivity contribution in [1.29, 1.82) is 0 Å². The van der Waals surface area contributed by atoms with Gasteiger partial charge in [-0.2, -0.15) is 5.10 Å². The molecular formula is C18H25N3. The number of benzene rings is 1. The van der Waals surface area contributed by atoms with Gasteiger partial charge < -0.3 is 4.90 Å². The first-order valence-electron chi connectivity index (χ1n) is 8.16. The molecule has 1 unspecified atom stereocenters. The van der Waals surface area contributed by atoms with Gasteiger partial charge >= 0.3 is 0 Å². The lowest BCUT2D eigenvalue weighted by molar-refractivity contribution is 0.532. The Morgan fingerprint density at radius 3 is 2.81 bits per heavy atom. The summed E-state index contributed by atoms with van der Waals surface area (Å²) in [6.45, 7) is 5.78. The summed E-state index contributed by atoms with van der Waals surface area (Å²) in [6.07, 6.45) is 8.93. The third-order valence-electron chi connectivity index (χ3n) is 4.51. The van der Waals surface area contributed by atoms with Crippen LogP contribution in [-0.2, 0) is 6.54 Å². The molecule has 2 heterocycles. The van der Waals surface area contributed by atoms with E-state index in [4.69, 9.17) is 0 Å². The number of anilines is 1. The molecule has 0 N–H and O–H groups in total. The second-order valence-corrected chi connectivity index (χ2v) is 6.07. The first-order chi connectivity index (χ1) is 10.3. The monoisotopic (exact) mass is 283 g/mol. The van der Waals surface area contributed by atoms with Crippen LogP contribution in [0.3, 0.4) is 0 Å². The second-order valence-electron chi connectivity index (χ2n) is 6.07. The summed E-state index contributed by atoms with van der Waals surface area (Å²) in [7, 11) is 0. The van der Waals surface area contributed by atoms with Crippen LogP contribution in [0.15, 0.2) is 42.7 Å². The summed E-state index contributed by atoms with van der Waals surface area (Å²) in [4.78, 5) is 2.57. The Morgan fingerprint density at radius 2 is 1.95 bits per heavy atom. The molecule has 21 heavy (non-hydrogen) atoms. The summed E-state index contributed by atoms with van der Waals surface area (Å²) in [6, 6.07) is 10.9. The van der Waals surface area contributed by atoms with Crippen LogP contribution in [0.5, 0.6) is 0 Å². The van der Waals surface area contributed by atoms with E-state index in [9.17, 15) is 0 Å². The Bertz CT molecular complexity index is 547. The molecule has 3 nitrogen and oxygen atoms in total. The van der Waals surface area contributed by atoms with Gasteiger partial charge in [-0.3, -0.25) is 4.68 Å². The van der Waals surface area contributed by atoms with Crippen molar-refractivity contribution >= 4 is 5.69 Å². The number of hydrogen-bond acceptors (Lipinski definition) is 2. The predicted molar refractivity (Wildman–Crippen MR) is 87.8 cm³/mol. The highest BCUT2D eigenvalue weighted by atomic mass is 15.3. The normalized spacial score (nSPS) is 17.8. The second kappa shape index (κ2) is 6.79. The number of aryl methyl sites for hydroxylation is 1. The van der Waals surface area contributed by atoms with Gasteiger partial charge in [0.25, 0.3) is 0 Å². The van der Waals surface area contributed by atoms with Crippen LogP contribution in [0, 0.1) is 0 Å². The highest BCUT2D eigenvalue weighted by Crippen LogP contribution is 2.34. The number of unbranched alkanes of at least 4 members (excludes halogenated alkanes) is 2. The Labute approximate surface area is 127 Å². The molecule has 0 aliphatic carbocycles. The molecule has 0 spiro atoms. The minimum absolute atomic E-state index is 0.706. The van der Waals surface area contributed by atoms with Crippen molar-refractivity contribution in [2.45, 2.75) is 45.1 Å². The molecule has 1 aliphatic heterocycles. The molecular weight excluding hydrogens is 258 g/mol. The van der Waals surface area contributed by atoms with E-state index in [1.54, 1.807) is 0 Å². The lowest BCUT2D eigenvalue weighted by Gasteiger charge is -2.34. The van der Waals surface area contributed by atoms with Gasteiger partial charge in [-0.15, -0.1) is 0 Å². The van der Waals surface area contributed by atoms with Crippen molar-refractivity contribution in [3.05, 3.63) is 48.3 Å². The first-order valence-corrected chi connectivity index (χ1v) is 8.16. The number of para-hydroxylation sites is 1. The van der Waals surface area contributed by atoms with Crippen LogP contribution < -0.4 is 4.90 Å². The summed E-state index contributed by atoms with van der Waals surface area (Å²) < 4.78 is 2.03. The largest absolute Gasteiger partial charge is 0.371 e. The van der Waals surface area contributed by atoms with Gasteiger partial charge in [0.05, 0.1) is 0 Å². The predicted octanol–water partition coefficient (Wildman–Crippen LogP) is 4.07. The number of fused-ring (bicyclic) bond motifs is 1. The molecule has 2 aromatic rings. The third kappa shape index (κ3) is 3.46. The minimum Gasteiger partial charge on any atom is -0.371 e. The average molecular weight is 283 g/mol. The molecule has 0 fully saturated rings. The number of rotatable bonds is 6. The van der Waals surface area contributed by atoms with Crippen molar-refractivity contribution < 1.29 is 0 Å². The SMILES string of the molecule is CC1CCN(CCCCCn2cccn2)c2ccccc21. The Balaban J connectivity index is 1.46. The summed E-state index contributed by atoms with van der Waals surface area (Å²) in [5.41, 5.74) is 2.99. The summed E-state index contributed by atoms with van der Waals surface area (Å²) in [5.74, 6) is 0.706. The van der Waals surface area contributed by atoms with Crippen LogP contribution >= 0.6 is 0 Å². The van der Waals surface area contributed by atoms with E-state index in [1.807, 2.05) is 23.1 Å². The lowest BCUT2D eigenvalue weighted by Crippen LogP contribution is -2.31. The number of nitrogens with zero attached hydrogens (tertiary/aromatic N) is 3. The molecule has 0 bridgehead atoms. The maximum absolute atomic E-state index is 4.25. The molecule has 0 radical (unpaired) electrons. The maximum Gasteiger partial charge on any atom is 0.0489 e. The van der Waals surface area contributed by atoms with Gasteiger partial charge in [-0.25, -0.2) is 0 Å². The summed E-state index contributed by atoms with van der Waals surface area (Å²) in [5, 5.41) is 4.25. The van der Waals surface area contributed by atoms with Crippen molar-refractivity contribution in [2.24, 2.45) is 0 Å². The Hall–Kier alpha value is -1.77. The molecule has 0 saturated heterocycles. The van der Waals surface area contributed by atoms with E-state index in [2.05, 4.69) is 41.2 Å². The van der Waals surface area contributed by atoms with Crippen molar-refractivity contribution in [3.63, 3.8) is 0 Å². The molecule has 1 aliphatic rings. The van der Waals surface area contributed by atoms with Crippen molar-refractivity contribution in [2.75, 3.05) is 18.0 Å². The van der Waals surface area contributed by atoms with Gasteiger partial charge in [-0.1, -0.05) is 25.1 Å². The zero-order valence-electron chi connectivity index (χ0n) is 12.9. The zero-order chi connectivity index (χ0) is 14.5. The van der Waals surface area contributed by atoms with Crippen molar-refractivity contribution in [3.8, 4) is 0 Å². The standard InChI is InChI=1S/C18H25N3/c1-16-10-15-20(18-9-4-3-8-17(16)18)12-5-2-6-13-21-14-7-11-19-21/h3-4,7-9,11,14,16H,2,5-6,10,12-13,15H2,1H3. The molecule has 0 amide bonds. The fraction of sp³-hybridized carbons (Fsp3) is 0.500. The fourth-order valence-corrected chi connectivity index (χ4v) is 3.24. The van der Waals surface area contributed by atoms with Crippen molar-refractivity contribution in [1.82, 2.24) is 9.78 Å². The van der Waals surface area contributed by atoms with Gasteiger partial charge in [0.2, 0.25) is 0 Å². The first kappa shape index (κ1) is 14.2. The van der Waals surface area contributed by atoms with Crippen LogP contribution in [0.1, 0.15) is 44.1 Å². The molecule has 112 valence electrons. The van der Waals surface area contributed by atoms with E-state index < -0.39 is 0 Å². The topological polar surface area (TPSA) is 21.1 Å². The zero-order valence-corrected chi connectivity index (χ0v) is 12.9. The molecule has 1 atom stereocenters. The maximum atomic E-state index is 4.25. The van der Waals surface area contributed by atoms with Crippen LogP contribution in [0.4, 0.5) is 5.69 Å². The highest BCUT2D eigenvalue weighted by Gasteiger charge is 2.20. The lowest BCUT2D eigenvalue weighted by atomic mass is 9.91. The van der Waals surface area contributed by atoms with Crippen LogP contribution in [-0.4, -0.2) is 22.9 Å². The van der Waals surface area contributed by atoms with E-state index in [1.165, 1.54) is 50.0 Å². The van der Waals surface area contributed by atoms with Gasteiger partial charge in [0.1, 0.15) is 0 Å². The van der Waals surface area contributed by atoms with Crippen LogP contribution in [0.25, 0.3) is 0 Å². The van der Waals surface area contributed by atoms with Gasteiger partial charge in [0.15, 0.2) is 0 Å². The quantitative estimate of drug-likeness (QED) is 0.745. The minimum atomic E-state index is 0.706. The van der Waals surface area contributed by atoms with E-state index in [-0.39, 0.29) is 0 Å². The average Bonchev–Trinajstić information content (AvgIpc) is 3.03. The third-order valence-corrected chi connectivity index (χ3v) is 4.51. The molecule has 3 rings (SSSR count). The van der Waals surface area contributed by atoms with Crippen LogP contribution in [0.2, 0.25) is 0 Å². The smallest absolute Gasteiger partial charge is 0.0489 e. The molecule has 1 aromatic carbocycles. The Kier molecular flexibility index (Phi) is 4.59. The van der Waals surface area contributed by atoms with Gasteiger partial charge in [0, 0.05) is 37.7 Å². The van der Waals surface area contributed by atoms with E-state index >= 15 is 0 Å². The molecule has 0 saturated carbocycles.